The Bertz CT molecular complexity index is 481. The van der Waals surface area contributed by atoms with Crippen molar-refractivity contribution < 1.29 is 16.8 Å². The third-order valence-corrected chi connectivity index (χ3v) is 5.06. The Kier molecular flexibility index (Phi) is 5.02. The van der Waals surface area contributed by atoms with Gasteiger partial charge in [-0.05, 0) is 41.5 Å². The van der Waals surface area contributed by atoms with Crippen LogP contribution in [0.3, 0.4) is 0 Å². The lowest BCUT2D eigenvalue weighted by molar-refractivity contribution is 0.277. The first-order valence-corrected chi connectivity index (χ1v) is 9.04. The molecule has 0 spiro atoms. The van der Waals surface area contributed by atoms with E-state index in [0.717, 1.165) is 10.6 Å². The van der Waals surface area contributed by atoms with Crippen LogP contribution in [-0.2, 0) is 20.0 Å². The molecule has 110 valence electrons. The fraction of sp³-hybridized carbons (Fsp3) is 1.00. The molecule has 0 amide bonds. The second-order valence-corrected chi connectivity index (χ2v) is 9.98. The molecule has 0 heterocycles. The summed E-state index contributed by atoms with van der Waals surface area (Å²) in [4.78, 5) is 0. The molecule has 8 heteroatoms. The molecule has 0 aliphatic carbocycles. The third kappa shape index (κ3) is 6.67. The molecule has 0 unspecified atom stereocenters. The van der Waals surface area contributed by atoms with Crippen molar-refractivity contribution in [3.63, 3.8) is 0 Å². The molecule has 0 aromatic heterocycles. The zero-order valence-electron chi connectivity index (χ0n) is 12.1. The molecule has 0 saturated heterocycles. The standard InChI is InChI=1S/C10H24N2O4S2/c1-9(2,3)11-18(15,16)8-12(10(4,5)6)17(7,13)14/h11H,8H2,1-7H3. The Hall–Kier alpha value is -0.180. The molecule has 18 heavy (non-hydrogen) atoms. The molecule has 0 bridgehead atoms. The van der Waals surface area contributed by atoms with E-state index in [2.05, 4.69) is 4.72 Å². The van der Waals surface area contributed by atoms with E-state index in [1.807, 2.05) is 0 Å². The predicted octanol–water partition coefficient (Wildman–Crippen LogP) is 0.722. The number of nitrogens with one attached hydrogen (secondary N) is 1. The van der Waals surface area contributed by atoms with Gasteiger partial charge in [0.1, 0.15) is 5.88 Å². The van der Waals surface area contributed by atoms with Crippen molar-refractivity contribution in [1.29, 1.82) is 0 Å². The minimum Gasteiger partial charge on any atom is -0.212 e. The largest absolute Gasteiger partial charge is 0.226 e. The molecule has 1 N–H and O–H groups in total. The topological polar surface area (TPSA) is 83.6 Å². The lowest BCUT2D eigenvalue weighted by Crippen LogP contribution is -2.52. The number of hydrogen-bond donors (Lipinski definition) is 1. The number of nitrogens with zero attached hydrogens (tertiary/aromatic N) is 1. The van der Waals surface area contributed by atoms with E-state index in [4.69, 9.17) is 0 Å². The van der Waals surface area contributed by atoms with Crippen LogP contribution in [0.1, 0.15) is 41.5 Å². The van der Waals surface area contributed by atoms with E-state index in [9.17, 15) is 16.8 Å². The minimum absolute atomic E-state index is 0.577. The van der Waals surface area contributed by atoms with Gasteiger partial charge >= 0.3 is 0 Å². The molecular weight excluding hydrogens is 276 g/mol. The van der Waals surface area contributed by atoms with Crippen LogP contribution in [-0.4, -0.2) is 44.4 Å². The monoisotopic (exact) mass is 300 g/mol. The summed E-state index contributed by atoms with van der Waals surface area (Å²) in [7, 11) is -7.31. The Labute approximate surface area is 111 Å². The van der Waals surface area contributed by atoms with Crippen LogP contribution in [0.2, 0.25) is 0 Å². The van der Waals surface area contributed by atoms with Gasteiger partial charge in [-0.25, -0.2) is 21.6 Å². The van der Waals surface area contributed by atoms with E-state index >= 15 is 0 Å². The van der Waals surface area contributed by atoms with Crippen LogP contribution in [0, 0.1) is 0 Å². The van der Waals surface area contributed by atoms with Crippen molar-refractivity contribution in [2.75, 3.05) is 12.1 Å². The van der Waals surface area contributed by atoms with Gasteiger partial charge in [0, 0.05) is 11.1 Å². The second kappa shape index (κ2) is 5.07. The molecule has 0 aliphatic rings. The average Bonchev–Trinajstić information content (AvgIpc) is 1.90. The lowest BCUT2D eigenvalue weighted by atomic mass is 10.1. The Balaban J connectivity index is 5.28. The van der Waals surface area contributed by atoms with Gasteiger partial charge in [-0.15, -0.1) is 0 Å². The molecule has 0 radical (unpaired) electrons. The molecule has 0 saturated carbocycles. The quantitative estimate of drug-likeness (QED) is 0.829. The maximum Gasteiger partial charge on any atom is 0.226 e. The van der Waals surface area contributed by atoms with Gasteiger partial charge in [-0.1, -0.05) is 0 Å². The van der Waals surface area contributed by atoms with Gasteiger partial charge in [0.15, 0.2) is 0 Å². The summed E-state index contributed by atoms with van der Waals surface area (Å²) >= 11 is 0. The van der Waals surface area contributed by atoms with E-state index in [0.29, 0.717) is 0 Å². The maximum absolute atomic E-state index is 11.9. The molecule has 0 aromatic rings. The number of rotatable bonds is 4. The van der Waals surface area contributed by atoms with Crippen molar-refractivity contribution in [2.24, 2.45) is 0 Å². The Morgan fingerprint density at radius 3 is 1.56 bits per heavy atom. The van der Waals surface area contributed by atoms with Crippen LogP contribution in [0.5, 0.6) is 0 Å². The summed E-state index contributed by atoms with van der Waals surface area (Å²) in [5.41, 5.74) is -1.43. The first-order valence-electron chi connectivity index (χ1n) is 5.54. The highest BCUT2D eigenvalue weighted by Gasteiger charge is 2.34. The van der Waals surface area contributed by atoms with Gasteiger partial charge in [-0.3, -0.25) is 0 Å². The normalized spacial score (nSPS) is 15.1. The van der Waals surface area contributed by atoms with E-state index in [1.165, 1.54) is 0 Å². The second-order valence-electron chi connectivity index (χ2n) is 6.38. The van der Waals surface area contributed by atoms with Crippen LogP contribution in [0.15, 0.2) is 0 Å². The average molecular weight is 300 g/mol. The molecule has 6 nitrogen and oxygen atoms in total. The van der Waals surface area contributed by atoms with Crippen molar-refractivity contribution in [3.05, 3.63) is 0 Å². The Morgan fingerprint density at radius 1 is 0.944 bits per heavy atom. The zero-order chi connectivity index (χ0) is 15.0. The highest BCUT2D eigenvalue weighted by Crippen LogP contribution is 2.18. The van der Waals surface area contributed by atoms with Crippen LogP contribution >= 0.6 is 0 Å². The SMILES string of the molecule is CC(C)(C)NS(=O)(=O)CN(C(C)(C)C)S(C)(=O)=O. The van der Waals surface area contributed by atoms with Crippen molar-refractivity contribution >= 4 is 20.0 Å². The summed E-state index contributed by atoms with van der Waals surface area (Å²) in [6.45, 7) is 10.1. The van der Waals surface area contributed by atoms with E-state index in [1.54, 1.807) is 41.5 Å². The number of sulfonamides is 2. The fourth-order valence-electron chi connectivity index (χ4n) is 1.44. The summed E-state index contributed by atoms with van der Waals surface area (Å²) in [5, 5.41) is 0. The van der Waals surface area contributed by atoms with Crippen molar-refractivity contribution in [3.8, 4) is 0 Å². The first-order chi connectivity index (χ1) is 7.55. The molecule has 0 fully saturated rings. The van der Waals surface area contributed by atoms with Crippen molar-refractivity contribution in [2.45, 2.75) is 52.6 Å². The highest BCUT2D eigenvalue weighted by molar-refractivity contribution is 7.92. The fourth-order valence-corrected chi connectivity index (χ4v) is 5.31. The maximum atomic E-state index is 11.9. The van der Waals surface area contributed by atoms with Gasteiger partial charge in [0.2, 0.25) is 20.0 Å². The summed E-state index contributed by atoms with van der Waals surface area (Å²) in [5.74, 6) is -0.577. The number of hydrogen-bond acceptors (Lipinski definition) is 4. The van der Waals surface area contributed by atoms with E-state index in [-0.39, 0.29) is 0 Å². The molecule has 0 rings (SSSR count). The van der Waals surface area contributed by atoms with Gasteiger partial charge in [-0.2, -0.15) is 4.31 Å². The zero-order valence-corrected chi connectivity index (χ0v) is 13.7. The first kappa shape index (κ1) is 17.8. The predicted molar refractivity (Wildman–Crippen MR) is 73.1 cm³/mol. The lowest BCUT2D eigenvalue weighted by Gasteiger charge is -2.33. The molecule has 0 aromatic carbocycles. The third-order valence-electron chi connectivity index (χ3n) is 1.90. The summed E-state index contributed by atoms with van der Waals surface area (Å²) < 4.78 is 50.6. The molecule has 0 atom stereocenters. The van der Waals surface area contributed by atoms with E-state index < -0.39 is 37.0 Å². The van der Waals surface area contributed by atoms with Gasteiger partial charge in [0.25, 0.3) is 0 Å². The molecule has 0 aliphatic heterocycles. The van der Waals surface area contributed by atoms with Gasteiger partial charge < -0.3 is 0 Å². The molecular formula is C10H24N2O4S2. The van der Waals surface area contributed by atoms with Crippen molar-refractivity contribution in [1.82, 2.24) is 9.03 Å². The summed E-state index contributed by atoms with van der Waals surface area (Å²) in [6.07, 6.45) is 1.00. The van der Waals surface area contributed by atoms with Crippen LogP contribution < -0.4 is 4.72 Å². The Morgan fingerprint density at radius 2 is 1.33 bits per heavy atom. The highest BCUT2D eigenvalue weighted by atomic mass is 32.2. The summed E-state index contributed by atoms with van der Waals surface area (Å²) in [6, 6.07) is 0. The smallest absolute Gasteiger partial charge is 0.212 e. The van der Waals surface area contributed by atoms with Gasteiger partial charge in [0.05, 0.1) is 6.26 Å². The van der Waals surface area contributed by atoms with Crippen LogP contribution in [0.25, 0.3) is 0 Å². The van der Waals surface area contributed by atoms with Crippen LogP contribution in [0.4, 0.5) is 0 Å². The minimum atomic E-state index is -3.71.